The first-order chi connectivity index (χ1) is 13.3. The molecule has 0 bridgehead atoms. The van der Waals surface area contributed by atoms with Gasteiger partial charge in [-0.25, -0.2) is 14.8 Å². The van der Waals surface area contributed by atoms with Gasteiger partial charge < -0.3 is 5.32 Å². The van der Waals surface area contributed by atoms with Gasteiger partial charge in [-0.15, -0.1) is 0 Å². The van der Waals surface area contributed by atoms with Crippen molar-refractivity contribution in [1.82, 2.24) is 24.4 Å². The summed E-state index contributed by atoms with van der Waals surface area (Å²) in [4.78, 5) is 46.8. The number of aromatic nitrogens is 4. The second kappa shape index (κ2) is 8.46. The van der Waals surface area contributed by atoms with Crippen LogP contribution < -0.4 is 16.6 Å². The molecular formula is C19H27N5O3S. The molecule has 2 heterocycles. The van der Waals surface area contributed by atoms with E-state index in [2.05, 4.69) is 29.1 Å². The van der Waals surface area contributed by atoms with Gasteiger partial charge in [0.2, 0.25) is 5.91 Å². The summed E-state index contributed by atoms with van der Waals surface area (Å²) in [6.45, 7) is 6.56. The lowest BCUT2D eigenvalue weighted by Crippen LogP contribution is -2.39. The molecule has 1 saturated carbocycles. The third-order valence-corrected chi connectivity index (χ3v) is 5.49. The zero-order chi connectivity index (χ0) is 20.4. The molecule has 2 aromatic heterocycles. The van der Waals surface area contributed by atoms with Crippen LogP contribution in [0.1, 0.15) is 45.9 Å². The highest BCUT2D eigenvalue weighted by Crippen LogP contribution is 2.24. The second-order valence-electron chi connectivity index (χ2n) is 7.67. The van der Waals surface area contributed by atoms with Crippen LogP contribution in [0.3, 0.4) is 0 Å². The summed E-state index contributed by atoms with van der Waals surface area (Å²) in [6, 6.07) is 0.286. The molecule has 0 atom stereocenters. The maximum atomic E-state index is 12.8. The number of hydrogen-bond acceptors (Lipinski definition) is 6. The topological polar surface area (TPSA) is 98.9 Å². The standard InChI is InChI=1S/C19H27N5O3S/c1-5-8-24-16-15(18(26)23(4)19(24)27)17(22-13(21-16)9-11(2)3)28-10-14(25)20-12-6-7-12/h11-12H,5-10H2,1-4H3,(H,20,25). The van der Waals surface area contributed by atoms with Gasteiger partial charge in [-0.05, 0) is 25.2 Å². The quantitative estimate of drug-likeness (QED) is 0.527. The zero-order valence-corrected chi connectivity index (χ0v) is 17.6. The van der Waals surface area contributed by atoms with Gasteiger partial charge in [-0.2, -0.15) is 0 Å². The summed E-state index contributed by atoms with van der Waals surface area (Å²) >= 11 is 1.23. The summed E-state index contributed by atoms with van der Waals surface area (Å²) in [6.07, 6.45) is 3.42. The van der Waals surface area contributed by atoms with Gasteiger partial charge in [0.25, 0.3) is 5.56 Å². The molecule has 28 heavy (non-hydrogen) atoms. The third-order valence-electron chi connectivity index (χ3n) is 4.52. The first-order valence-corrected chi connectivity index (χ1v) is 10.7. The van der Waals surface area contributed by atoms with Crippen molar-refractivity contribution in [2.75, 3.05) is 5.75 Å². The Morgan fingerprint density at radius 3 is 2.61 bits per heavy atom. The maximum absolute atomic E-state index is 12.8. The van der Waals surface area contributed by atoms with Gasteiger partial charge >= 0.3 is 5.69 Å². The fourth-order valence-electron chi connectivity index (χ4n) is 3.00. The van der Waals surface area contributed by atoms with Crippen molar-refractivity contribution in [3.63, 3.8) is 0 Å². The fraction of sp³-hybridized carbons (Fsp3) is 0.632. The summed E-state index contributed by atoms with van der Waals surface area (Å²) in [5.41, 5.74) is -0.435. The largest absolute Gasteiger partial charge is 0.353 e. The Morgan fingerprint density at radius 1 is 1.29 bits per heavy atom. The normalized spacial score (nSPS) is 14.0. The summed E-state index contributed by atoms with van der Waals surface area (Å²) in [7, 11) is 1.46. The Hall–Kier alpha value is -2.16. The number of nitrogens with zero attached hydrogens (tertiary/aromatic N) is 4. The predicted molar refractivity (Wildman–Crippen MR) is 110 cm³/mol. The van der Waals surface area contributed by atoms with E-state index >= 15 is 0 Å². The van der Waals surface area contributed by atoms with E-state index in [-0.39, 0.29) is 23.4 Å². The Bertz CT molecular complexity index is 1010. The molecule has 1 fully saturated rings. The number of aryl methyl sites for hydroxylation is 1. The number of amides is 1. The van der Waals surface area contributed by atoms with E-state index in [0.29, 0.717) is 40.8 Å². The minimum absolute atomic E-state index is 0.0663. The van der Waals surface area contributed by atoms with Crippen molar-refractivity contribution in [2.24, 2.45) is 13.0 Å². The van der Waals surface area contributed by atoms with E-state index in [1.165, 1.54) is 23.4 Å². The highest BCUT2D eigenvalue weighted by atomic mass is 32.2. The fourth-order valence-corrected chi connectivity index (χ4v) is 3.84. The van der Waals surface area contributed by atoms with E-state index in [4.69, 9.17) is 0 Å². The van der Waals surface area contributed by atoms with Crippen molar-refractivity contribution in [2.45, 2.75) is 64.1 Å². The smallest absolute Gasteiger partial charge is 0.332 e. The molecule has 152 valence electrons. The molecule has 0 radical (unpaired) electrons. The lowest BCUT2D eigenvalue weighted by molar-refractivity contribution is -0.118. The van der Waals surface area contributed by atoms with Crippen LogP contribution in [0.5, 0.6) is 0 Å². The van der Waals surface area contributed by atoms with Crippen LogP contribution in [0, 0.1) is 5.92 Å². The average Bonchev–Trinajstić information content (AvgIpc) is 3.44. The lowest BCUT2D eigenvalue weighted by Gasteiger charge is -2.14. The van der Waals surface area contributed by atoms with Gasteiger partial charge in [0.05, 0.1) is 5.75 Å². The molecule has 3 rings (SSSR count). The lowest BCUT2D eigenvalue weighted by atomic mass is 10.1. The Kier molecular flexibility index (Phi) is 6.22. The molecule has 0 spiro atoms. The summed E-state index contributed by atoms with van der Waals surface area (Å²) in [5.74, 6) is 1.03. The molecule has 9 heteroatoms. The van der Waals surface area contributed by atoms with Crippen LogP contribution >= 0.6 is 11.8 Å². The van der Waals surface area contributed by atoms with Crippen molar-refractivity contribution in [3.8, 4) is 0 Å². The molecule has 1 N–H and O–H groups in total. The zero-order valence-electron chi connectivity index (χ0n) is 16.8. The molecule has 0 unspecified atom stereocenters. The van der Waals surface area contributed by atoms with E-state index in [9.17, 15) is 14.4 Å². The number of rotatable bonds is 8. The highest BCUT2D eigenvalue weighted by molar-refractivity contribution is 8.00. The number of hydrogen-bond donors (Lipinski definition) is 1. The molecule has 0 saturated heterocycles. The maximum Gasteiger partial charge on any atom is 0.332 e. The van der Waals surface area contributed by atoms with Crippen molar-refractivity contribution < 1.29 is 4.79 Å². The molecule has 1 aliphatic carbocycles. The molecule has 0 aromatic carbocycles. The van der Waals surface area contributed by atoms with E-state index in [1.54, 1.807) is 0 Å². The van der Waals surface area contributed by atoms with Crippen molar-refractivity contribution in [1.29, 1.82) is 0 Å². The average molecular weight is 406 g/mol. The SMILES string of the molecule is CCCn1c(=O)n(C)c(=O)c2c(SCC(=O)NC3CC3)nc(CC(C)C)nc21. The molecular weight excluding hydrogens is 378 g/mol. The van der Waals surface area contributed by atoms with Crippen LogP contribution in [0.2, 0.25) is 0 Å². The number of nitrogens with one attached hydrogen (secondary N) is 1. The van der Waals surface area contributed by atoms with Crippen LogP contribution in [0.25, 0.3) is 11.0 Å². The van der Waals surface area contributed by atoms with Crippen molar-refractivity contribution >= 4 is 28.7 Å². The summed E-state index contributed by atoms with van der Waals surface area (Å²) in [5, 5.41) is 3.73. The molecule has 0 aliphatic heterocycles. The van der Waals surface area contributed by atoms with Crippen molar-refractivity contribution in [3.05, 3.63) is 26.7 Å². The van der Waals surface area contributed by atoms with Crippen LogP contribution in [-0.4, -0.2) is 36.8 Å². The van der Waals surface area contributed by atoms with E-state index in [0.717, 1.165) is 23.8 Å². The Morgan fingerprint density at radius 2 is 2.00 bits per heavy atom. The first kappa shape index (κ1) is 20.6. The number of carbonyl (C=O) groups excluding carboxylic acids is 1. The Labute approximate surface area is 167 Å². The van der Waals surface area contributed by atoms with E-state index < -0.39 is 5.56 Å². The van der Waals surface area contributed by atoms with Gasteiger partial charge in [-0.1, -0.05) is 32.5 Å². The first-order valence-electron chi connectivity index (χ1n) is 9.74. The second-order valence-corrected chi connectivity index (χ2v) is 8.63. The number of fused-ring (bicyclic) bond motifs is 1. The minimum Gasteiger partial charge on any atom is -0.353 e. The molecule has 2 aromatic rings. The van der Waals surface area contributed by atoms with Gasteiger partial charge in [0.15, 0.2) is 5.65 Å². The van der Waals surface area contributed by atoms with Crippen LogP contribution in [0.15, 0.2) is 14.6 Å². The van der Waals surface area contributed by atoms with Crippen LogP contribution in [0.4, 0.5) is 0 Å². The molecule has 1 amide bonds. The number of carbonyl (C=O) groups is 1. The molecule has 8 nitrogen and oxygen atoms in total. The van der Waals surface area contributed by atoms with E-state index in [1.807, 2.05) is 6.92 Å². The monoisotopic (exact) mass is 405 g/mol. The van der Waals surface area contributed by atoms with Gasteiger partial charge in [0.1, 0.15) is 16.2 Å². The van der Waals surface area contributed by atoms with Gasteiger partial charge in [-0.3, -0.25) is 18.7 Å². The minimum atomic E-state index is -0.423. The third kappa shape index (κ3) is 4.45. The highest BCUT2D eigenvalue weighted by Gasteiger charge is 2.24. The summed E-state index contributed by atoms with van der Waals surface area (Å²) < 4.78 is 2.63. The number of thioether (sulfide) groups is 1. The predicted octanol–water partition coefficient (Wildman–Crippen LogP) is 1.47. The molecule has 1 aliphatic rings. The van der Waals surface area contributed by atoms with Gasteiger partial charge in [0, 0.05) is 26.1 Å². The Balaban J connectivity index is 2.11. The van der Waals surface area contributed by atoms with Crippen LogP contribution in [-0.2, 0) is 24.8 Å².